The smallest absolute Gasteiger partial charge is 0.264 e. The number of nitrogens with one attached hydrogen (secondary N) is 1. The number of benzene rings is 3. The highest BCUT2D eigenvalue weighted by Crippen LogP contribution is 2.29. The zero-order valence-electron chi connectivity index (χ0n) is 23.2. The second-order valence-electron chi connectivity index (χ2n) is 10.4. The number of sulfonamides is 1. The fourth-order valence-electron chi connectivity index (χ4n) is 5.07. The molecule has 0 unspecified atom stereocenters. The number of nitrogens with zero attached hydrogens (tertiary/aromatic N) is 2. The van der Waals surface area contributed by atoms with Crippen LogP contribution in [0.1, 0.15) is 50.2 Å². The van der Waals surface area contributed by atoms with Crippen molar-refractivity contribution in [1.29, 1.82) is 0 Å². The first-order valence-corrected chi connectivity index (χ1v) is 15.6. The summed E-state index contributed by atoms with van der Waals surface area (Å²) in [6.07, 6.45) is 4.95. The molecule has 10 heteroatoms. The molecule has 3 aromatic rings. The van der Waals surface area contributed by atoms with E-state index in [2.05, 4.69) is 5.32 Å². The maximum Gasteiger partial charge on any atom is 0.264 e. The maximum absolute atomic E-state index is 14.0. The van der Waals surface area contributed by atoms with Crippen LogP contribution >= 0.6 is 11.6 Å². The number of halogens is 2. The van der Waals surface area contributed by atoms with Gasteiger partial charge in [0, 0.05) is 17.6 Å². The van der Waals surface area contributed by atoms with E-state index in [4.69, 9.17) is 11.6 Å². The summed E-state index contributed by atoms with van der Waals surface area (Å²) < 4.78 is 42.5. The number of anilines is 1. The minimum Gasteiger partial charge on any atom is -0.352 e. The molecule has 1 aliphatic rings. The third-order valence-electron chi connectivity index (χ3n) is 7.42. The lowest BCUT2D eigenvalue weighted by atomic mass is 9.95. The molecule has 218 valence electrons. The molecule has 7 nitrogen and oxygen atoms in total. The Morgan fingerprint density at radius 3 is 2.29 bits per heavy atom. The molecule has 0 heterocycles. The van der Waals surface area contributed by atoms with Crippen molar-refractivity contribution in [2.75, 3.05) is 10.8 Å². The van der Waals surface area contributed by atoms with Crippen molar-refractivity contribution < 1.29 is 22.4 Å². The van der Waals surface area contributed by atoms with Gasteiger partial charge in [-0.15, -0.1) is 0 Å². The Labute approximate surface area is 246 Å². The topological polar surface area (TPSA) is 86.8 Å². The Balaban J connectivity index is 1.69. The number of amides is 2. The highest BCUT2D eigenvalue weighted by molar-refractivity contribution is 7.92. The van der Waals surface area contributed by atoms with Crippen molar-refractivity contribution in [2.45, 2.75) is 69.5 Å². The lowest BCUT2D eigenvalue weighted by molar-refractivity contribution is -0.139. The SMILES string of the molecule is Cc1cc(Cl)ccc1N(CC(=O)N(Cc1ccc(F)cc1)[C@H](C)C(=O)NC1CCCCC1)S(=O)(=O)c1ccccc1. The van der Waals surface area contributed by atoms with Crippen LogP contribution in [0.3, 0.4) is 0 Å². The summed E-state index contributed by atoms with van der Waals surface area (Å²) >= 11 is 6.15. The van der Waals surface area contributed by atoms with Crippen LogP contribution in [-0.4, -0.2) is 43.8 Å². The molecule has 0 saturated heterocycles. The van der Waals surface area contributed by atoms with E-state index in [1.165, 1.54) is 29.2 Å². The fourth-order valence-corrected chi connectivity index (χ4v) is 6.80. The van der Waals surface area contributed by atoms with E-state index in [-0.39, 0.29) is 23.4 Å². The second-order valence-corrected chi connectivity index (χ2v) is 12.7. The first-order chi connectivity index (χ1) is 19.6. The molecular formula is C31H35ClFN3O4S. The largest absolute Gasteiger partial charge is 0.352 e. The van der Waals surface area contributed by atoms with Crippen LogP contribution < -0.4 is 9.62 Å². The van der Waals surface area contributed by atoms with Gasteiger partial charge in [-0.2, -0.15) is 0 Å². The summed E-state index contributed by atoms with van der Waals surface area (Å²) in [5.41, 5.74) is 1.47. The molecule has 2 amide bonds. The van der Waals surface area contributed by atoms with Gasteiger partial charge in [-0.25, -0.2) is 12.8 Å². The van der Waals surface area contributed by atoms with Gasteiger partial charge in [-0.3, -0.25) is 13.9 Å². The third kappa shape index (κ3) is 7.65. The Bertz CT molecular complexity index is 1460. The maximum atomic E-state index is 14.0. The van der Waals surface area contributed by atoms with Crippen molar-refractivity contribution in [3.63, 3.8) is 0 Å². The van der Waals surface area contributed by atoms with Crippen LogP contribution in [0.15, 0.2) is 77.7 Å². The number of carbonyl (C=O) groups excluding carboxylic acids is 2. The molecule has 4 rings (SSSR count). The molecule has 0 radical (unpaired) electrons. The van der Waals surface area contributed by atoms with Crippen molar-refractivity contribution in [3.8, 4) is 0 Å². The van der Waals surface area contributed by atoms with Gasteiger partial charge < -0.3 is 10.2 Å². The summed E-state index contributed by atoms with van der Waals surface area (Å²) in [4.78, 5) is 28.8. The lowest BCUT2D eigenvalue weighted by Gasteiger charge is -2.33. The highest BCUT2D eigenvalue weighted by Gasteiger charge is 2.33. The first-order valence-electron chi connectivity index (χ1n) is 13.7. The predicted molar refractivity (Wildman–Crippen MR) is 159 cm³/mol. The second kappa shape index (κ2) is 13.5. The van der Waals surface area contributed by atoms with Crippen LogP contribution in [0.5, 0.6) is 0 Å². The standard InChI is InChI=1S/C31H35ClFN3O4S/c1-22-19-25(32)15-18-29(22)36(41(39,40)28-11-7-4-8-12-28)21-30(37)35(20-24-13-16-26(33)17-14-24)23(2)31(38)34-27-9-5-3-6-10-27/h4,7-8,11-19,23,27H,3,5-6,9-10,20-21H2,1-2H3,(H,34,38)/t23-/m1/s1. The normalized spacial score (nSPS) is 14.7. The molecule has 1 fully saturated rings. The molecule has 0 spiro atoms. The van der Waals surface area contributed by atoms with Crippen LogP contribution in [0.25, 0.3) is 0 Å². The Morgan fingerprint density at radius 1 is 1.00 bits per heavy atom. The minimum absolute atomic E-state index is 0.00279. The zero-order valence-corrected chi connectivity index (χ0v) is 24.8. The van der Waals surface area contributed by atoms with Crippen molar-refractivity contribution in [2.24, 2.45) is 0 Å². The Hall–Kier alpha value is -3.43. The zero-order chi connectivity index (χ0) is 29.6. The number of hydrogen-bond donors (Lipinski definition) is 1. The van der Waals surface area contributed by atoms with Gasteiger partial charge in [0.15, 0.2) is 0 Å². The molecule has 0 aromatic heterocycles. The molecule has 0 bridgehead atoms. The number of aryl methyl sites for hydroxylation is 1. The molecule has 1 atom stereocenters. The van der Waals surface area contributed by atoms with Gasteiger partial charge in [0.2, 0.25) is 11.8 Å². The van der Waals surface area contributed by atoms with E-state index >= 15 is 0 Å². The summed E-state index contributed by atoms with van der Waals surface area (Å²) in [5, 5.41) is 3.50. The van der Waals surface area contributed by atoms with Gasteiger partial charge in [0.1, 0.15) is 18.4 Å². The number of rotatable bonds is 10. The summed E-state index contributed by atoms with van der Waals surface area (Å²) in [5.74, 6) is -1.31. The highest BCUT2D eigenvalue weighted by atomic mass is 35.5. The summed E-state index contributed by atoms with van der Waals surface area (Å²) in [7, 11) is -4.17. The summed E-state index contributed by atoms with van der Waals surface area (Å²) in [6, 6.07) is 17.4. The van der Waals surface area contributed by atoms with Gasteiger partial charge in [-0.05, 0) is 80.3 Å². The number of hydrogen-bond acceptors (Lipinski definition) is 4. The van der Waals surface area contributed by atoms with Gasteiger partial charge >= 0.3 is 0 Å². The van der Waals surface area contributed by atoms with Crippen molar-refractivity contribution in [3.05, 3.63) is 94.8 Å². The van der Waals surface area contributed by atoms with Gasteiger partial charge in [0.25, 0.3) is 10.0 Å². The molecule has 41 heavy (non-hydrogen) atoms. The average Bonchev–Trinajstić information content (AvgIpc) is 2.96. The summed E-state index contributed by atoms with van der Waals surface area (Å²) in [6.45, 7) is 2.79. The molecule has 1 aliphatic carbocycles. The van der Waals surface area contributed by atoms with E-state index in [1.807, 2.05) is 0 Å². The lowest BCUT2D eigenvalue weighted by Crippen LogP contribution is -2.53. The minimum atomic E-state index is -4.17. The van der Waals surface area contributed by atoms with E-state index in [0.29, 0.717) is 21.8 Å². The van der Waals surface area contributed by atoms with Crippen LogP contribution in [0, 0.1) is 12.7 Å². The van der Waals surface area contributed by atoms with E-state index < -0.39 is 34.3 Å². The molecule has 0 aliphatic heterocycles. The van der Waals surface area contributed by atoms with Gasteiger partial charge in [0.05, 0.1) is 10.6 Å². The van der Waals surface area contributed by atoms with E-state index in [0.717, 1.165) is 36.4 Å². The fraction of sp³-hybridized carbons (Fsp3) is 0.355. The van der Waals surface area contributed by atoms with E-state index in [9.17, 15) is 22.4 Å². The van der Waals surface area contributed by atoms with Crippen LogP contribution in [0.2, 0.25) is 5.02 Å². The quantitative estimate of drug-likeness (QED) is 0.317. The third-order valence-corrected chi connectivity index (χ3v) is 9.43. The van der Waals surface area contributed by atoms with Crippen molar-refractivity contribution >= 4 is 39.1 Å². The Morgan fingerprint density at radius 2 is 1.66 bits per heavy atom. The van der Waals surface area contributed by atoms with Crippen LogP contribution in [0.4, 0.5) is 10.1 Å². The monoisotopic (exact) mass is 599 g/mol. The average molecular weight is 600 g/mol. The van der Waals surface area contributed by atoms with E-state index in [1.54, 1.807) is 62.4 Å². The first kappa shape index (κ1) is 30.5. The van der Waals surface area contributed by atoms with Gasteiger partial charge in [-0.1, -0.05) is 61.2 Å². The Kier molecular flexibility index (Phi) is 10.0. The number of carbonyl (C=O) groups is 2. The molecule has 1 N–H and O–H groups in total. The van der Waals surface area contributed by atoms with Crippen LogP contribution in [-0.2, 0) is 26.2 Å². The molecule has 1 saturated carbocycles. The molecule has 3 aromatic carbocycles. The molecular weight excluding hydrogens is 565 g/mol. The predicted octanol–water partition coefficient (Wildman–Crippen LogP) is 5.85. The van der Waals surface area contributed by atoms with Crippen molar-refractivity contribution in [1.82, 2.24) is 10.2 Å².